The van der Waals surface area contributed by atoms with E-state index in [0.29, 0.717) is 5.22 Å². The Kier molecular flexibility index (Phi) is 1.73. The SMILES string of the molecule is CC(C)(C)c1cnoc1Cl. The molecule has 0 saturated heterocycles. The van der Waals surface area contributed by atoms with Gasteiger partial charge in [-0.2, -0.15) is 0 Å². The van der Waals surface area contributed by atoms with Crippen LogP contribution in [0.1, 0.15) is 26.3 Å². The molecule has 0 aliphatic carbocycles. The molecular formula is C7H10ClNO. The highest BCUT2D eigenvalue weighted by atomic mass is 35.5. The molecule has 0 unspecified atom stereocenters. The Bertz CT molecular complexity index is 224. The minimum atomic E-state index is 0.0249. The van der Waals surface area contributed by atoms with Gasteiger partial charge in [-0.3, -0.25) is 0 Å². The number of hydrogen-bond donors (Lipinski definition) is 0. The summed E-state index contributed by atoms with van der Waals surface area (Å²) in [6.45, 7) is 6.18. The van der Waals surface area contributed by atoms with Gasteiger partial charge in [-0.05, 0) is 17.0 Å². The molecule has 1 rings (SSSR count). The van der Waals surface area contributed by atoms with E-state index < -0.39 is 0 Å². The van der Waals surface area contributed by atoms with E-state index in [-0.39, 0.29) is 5.41 Å². The minimum Gasteiger partial charge on any atom is -0.344 e. The first-order valence-electron chi connectivity index (χ1n) is 3.12. The Morgan fingerprint density at radius 3 is 2.30 bits per heavy atom. The number of halogens is 1. The van der Waals surface area contributed by atoms with Gasteiger partial charge in [-0.25, -0.2) is 0 Å². The van der Waals surface area contributed by atoms with Gasteiger partial charge in [0.2, 0.25) is 5.22 Å². The second kappa shape index (κ2) is 2.27. The van der Waals surface area contributed by atoms with Crippen LogP contribution in [-0.2, 0) is 5.41 Å². The number of nitrogens with zero attached hydrogens (tertiary/aromatic N) is 1. The molecule has 0 N–H and O–H groups in total. The Balaban J connectivity index is 3.05. The summed E-state index contributed by atoms with van der Waals surface area (Å²) < 4.78 is 4.71. The second-order valence-electron chi connectivity index (χ2n) is 3.26. The van der Waals surface area contributed by atoms with Crippen molar-refractivity contribution in [2.24, 2.45) is 0 Å². The average Bonchev–Trinajstić information content (AvgIpc) is 2.11. The maximum Gasteiger partial charge on any atom is 0.229 e. The molecule has 10 heavy (non-hydrogen) atoms. The van der Waals surface area contributed by atoms with Crippen LogP contribution in [0.25, 0.3) is 0 Å². The number of rotatable bonds is 0. The van der Waals surface area contributed by atoms with Crippen LogP contribution < -0.4 is 0 Å². The van der Waals surface area contributed by atoms with Gasteiger partial charge in [-0.15, -0.1) is 0 Å². The number of hydrogen-bond acceptors (Lipinski definition) is 2. The molecule has 1 heterocycles. The van der Waals surface area contributed by atoms with Gasteiger partial charge in [0.25, 0.3) is 0 Å². The van der Waals surface area contributed by atoms with Crippen molar-refractivity contribution in [2.45, 2.75) is 26.2 Å². The van der Waals surface area contributed by atoms with Crippen LogP contribution in [0.15, 0.2) is 10.7 Å². The highest BCUT2D eigenvalue weighted by Gasteiger charge is 2.20. The first-order chi connectivity index (χ1) is 4.52. The average molecular weight is 160 g/mol. The molecule has 0 saturated carbocycles. The van der Waals surface area contributed by atoms with Crippen molar-refractivity contribution in [3.05, 3.63) is 17.0 Å². The fraction of sp³-hybridized carbons (Fsp3) is 0.571. The Morgan fingerprint density at radius 2 is 2.10 bits per heavy atom. The molecule has 0 spiro atoms. The number of aromatic nitrogens is 1. The molecular weight excluding hydrogens is 150 g/mol. The quantitative estimate of drug-likeness (QED) is 0.582. The van der Waals surface area contributed by atoms with E-state index in [0.717, 1.165) is 5.56 Å². The third-order valence-corrected chi connectivity index (χ3v) is 1.61. The standard InChI is InChI=1S/C7H10ClNO/c1-7(2,3)5-4-9-10-6(5)8/h4H,1-3H3. The lowest BCUT2D eigenvalue weighted by Gasteiger charge is -2.14. The van der Waals surface area contributed by atoms with E-state index >= 15 is 0 Å². The highest BCUT2D eigenvalue weighted by Crippen LogP contribution is 2.28. The highest BCUT2D eigenvalue weighted by molar-refractivity contribution is 6.29. The van der Waals surface area contributed by atoms with Crippen molar-refractivity contribution in [3.8, 4) is 0 Å². The molecule has 3 heteroatoms. The van der Waals surface area contributed by atoms with E-state index in [1.807, 2.05) is 0 Å². The van der Waals surface area contributed by atoms with Gasteiger partial charge in [0.05, 0.1) is 6.20 Å². The van der Waals surface area contributed by atoms with Crippen molar-refractivity contribution >= 4 is 11.6 Å². The maximum absolute atomic E-state index is 5.70. The predicted octanol–water partition coefficient (Wildman–Crippen LogP) is 2.63. The second-order valence-corrected chi connectivity index (χ2v) is 3.61. The van der Waals surface area contributed by atoms with Crippen LogP contribution in [0.3, 0.4) is 0 Å². The summed E-state index contributed by atoms with van der Waals surface area (Å²) in [6.07, 6.45) is 1.66. The summed E-state index contributed by atoms with van der Waals surface area (Å²) >= 11 is 5.70. The molecule has 0 aliphatic heterocycles. The summed E-state index contributed by atoms with van der Waals surface area (Å²) in [5, 5.41) is 3.98. The first-order valence-corrected chi connectivity index (χ1v) is 3.50. The van der Waals surface area contributed by atoms with Gasteiger partial charge in [-0.1, -0.05) is 25.9 Å². The summed E-state index contributed by atoms with van der Waals surface area (Å²) in [4.78, 5) is 0. The van der Waals surface area contributed by atoms with Gasteiger partial charge < -0.3 is 4.52 Å². The zero-order valence-corrected chi connectivity index (χ0v) is 7.07. The zero-order chi connectivity index (χ0) is 7.78. The third-order valence-electron chi connectivity index (χ3n) is 1.33. The summed E-state index contributed by atoms with van der Waals surface area (Å²) in [5.41, 5.74) is 0.978. The van der Waals surface area contributed by atoms with Crippen LogP contribution >= 0.6 is 11.6 Å². The van der Waals surface area contributed by atoms with E-state index in [9.17, 15) is 0 Å². The fourth-order valence-electron chi connectivity index (χ4n) is 0.714. The van der Waals surface area contributed by atoms with Gasteiger partial charge >= 0.3 is 0 Å². The Labute approximate surface area is 65.2 Å². The van der Waals surface area contributed by atoms with Gasteiger partial charge in [0.15, 0.2) is 0 Å². The summed E-state index contributed by atoms with van der Waals surface area (Å²) in [5.74, 6) is 0. The van der Waals surface area contributed by atoms with Crippen molar-refractivity contribution < 1.29 is 4.52 Å². The van der Waals surface area contributed by atoms with Crippen LogP contribution in [0, 0.1) is 0 Å². The van der Waals surface area contributed by atoms with Crippen molar-refractivity contribution in [1.82, 2.24) is 5.16 Å². The molecule has 1 aromatic heterocycles. The molecule has 0 aliphatic rings. The molecule has 0 bridgehead atoms. The van der Waals surface area contributed by atoms with Crippen molar-refractivity contribution in [2.75, 3.05) is 0 Å². The summed E-state index contributed by atoms with van der Waals surface area (Å²) in [6, 6.07) is 0. The topological polar surface area (TPSA) is 26.0 Å². The van der Waals surface area contributed by atoms with E-state index in [4.69, 9.17) is 16.1 Å². The first kappa shape index (κ1) is 7.61. The minimum absolute atomic E-state index is 0.0249. The monoisotopic (exact) mass is 159 g/mol. The van der Waals surface area contributed by atoms with E-state index in [2.05, 4.69) is 25.9 Å². The van der Waals surface area contributed by atoms with Crippen molar-refractivity contribution in [3.63, 3.8) is 0 Å². The normalized spacial score (nSPS) is 12.0. The van der Waals surface area contributed by atoms with E-state index in [1.165, 1.54) is 0 Å². The van der Waals surface area contributed by atoms with Gasteiger partial charge in [0.1, 0.15) is 0 Å². The van der Waals surface area contributed by atoms with E-state index in [1.54, 1.807) is 6.20 Å². The predicted molar refractivity (Wildman–Crippen MR) is 40.2 cm³/mol. The zero-order valence-electron chi connectivity index (χ0n) is 6.31. The third kappa shape index (κ3) is 1.32. The fourth-order valence-corrected chi connectivity index (χ4v) is 1.09. The smallest absolute Gasteiger partial charge is 0.229 e. The Morgan fingerprint density at radius 1 is 1.50 bits per heavy atom. The molecule has 2 nitrogen and oxygen atoms in total. The van der Waals surface area contributed by atoms with Gasteiger partial charge in [0, 0.05) is 5.56 Å². The van der Waals surface area contributed by atoms with Crippen molar-refractivity contribution in [1.29, 1.82) is 0 Å². The largest absolute Gasteiger partial charge is 0.344 e. The summed E-state index contributed by atoms with van der Waals surface area (Å²) in [7, 11) is 0. The molecule has 1 aromatic rings. The van der Waals surface area contributed by atoms with Crippen LogP contribution in [0.4, 0.5) is 0 Å². The molecule has 0 fully saturated rings. The molecule has 0 radical (unpaired) electrons. The lowest BCUT2D eigenvalue weighted by atomic mass is 9.90. The Hall–Kier alpha value is -0.500. The van der Waals surface area contributed by atoms with Crippen LogP contribution in [0.5, 0.6) is 0 Å². The lowest BCUT2D eigenvalue weighted by molar-refractivity contribution is 0.418. The molecule has 0 amide bonds. The van der Waals surface area contributed by atoms with Crippen LogP contribution in [-0.4, -0.2) is 5.16 Å². The van der Waals surface area contributed by atoms with Crippen LogP contribution in [0.2, 0.25) is 5.22 Å². The molecule has 0 aromatic carbocycles. The molecule has 56 valence electrons. The maximum atomic E-state index is 5.70. The lowest BCUT2D eigenvalue weighted by Crippen LogP contribution is -2.09. The molecule has 0 atom stereocenters.